The monoisotopic (exact) mass is 426 g/mol. The Morgan fingerprint density at radius 3 is 2.61 bits per heavy atom. The average molecular weight is 429 g/mol. The normalized spacial score (nSPS) is 17.2. The summed E-state index contributed by atoms with van der Waals surface area (Å²) >= 11 is -1.89. The molecule has 1 aromatic rings. The number of aliphatic hydroxyl groups is 1. The molecule has 0 radical (unpaired) electrons. The fourth-order valence-electron chi connectivity index (χ4n) is 3.49. The van der Waals surface area contributed by atoms with Crippen LogP contribution in [0.3, 0.4) is 0 Å². The van der Waals surface area contributed by atoms with Gasteiger partial charge in [0.05, 0.1) is 0 Å². The molecule has 0 saturated heterocycles. The van der Waals surface area contributed by atoms with Gasteiger partial charge in [-0.3, -0.25) is 0 Å². The zero-order chi connectivity index (χ0) is 14.8. The topological polar surface area (TPSA) is 20.2 Å². The number of benzene rings is 1. The number of halogens is 2. The first-order valence-corrected chi connectivity index (χ1v) is 11.5. The van der Waals surface area contributed by atoms with E-state index < -0.39 is 21.3 Å². The molecule has 3 rings (SSSR count). The molecule has 0 heterocycles. The van der Waals surface area contributed by atoms with E-state index in [4.69, 9.17) is 0 Å². The molecular formula is C19H22Cl2OZr. The first-order chi connectivity index (χ1) is 10.2. The molecule has 23 heavy (non-hydrogen) atoms. The van der Waals surface area contributed by atoms with Gasteiger partial charge in [0, 0.05) is 0 Å². The van der Waals surface area contributed by atoms with Crippen molar-refractivity contribution in [2.24, 2.45) is 0 Å². The number of hydrogen-bond donors (Lipinski definition) is 1. The van der Waals surface area contributed by atoms with Gasteiger partial charge in [0.1, 0.15) is 0 Å². The smallest absolute Gasteiger partial charge is 1.00 e. The van der Waals surface area contributed by atoms with Crippen LogP contribution < -0.4 is 24.8 Å². The first kappa shape index (κ1) is 20.8. The largest absolute Gasteiger partial charge is 1.00 e. The summed E-state index contributed by atoms with van der Waals surface area (Å²) in [5.74, 6) is 0. The molecule has 0 aromatic heterocycles. The molecule has 0 fully saturated rings. The third-order valence-corrected chi connectivity index (χ3v) is 12.7. The van der Waals surface area contributed by atoms with E-state index in [1.807, 2.05) is 0 Å². The van der Waals surface area contributed by atoms with Crippen molar-refractivity contribution in [3.63, 3.8) is 0 Å². The Hall–Kier alpha value is -0.267. The van der Waals surface area contributed by atoms with Crippen LogP contribution in [0.25, 0.3) is 6.08 Å². The Balaban J connectivity index is 0.00000132. The SMILES string of the molecule is C[C](C)=[Zr+2]([C]1=C(CCO)C=CC1)[CH]1C=Cc2ccccc21.[Cl-].[Cl-]. The summed E-state index contributed by atoms with van der Waals surface area (Å²) in [5.41, 5.74) is 4.35. The molecule has 0 saturated carbocycles. The summed E-state index contributed by atoms with van der Waals surface area (Å²) in [6, 6.07) is 8.83. The van der Waals surface area contributed by atoms with Gasteiger partial charge in [-0.05, 0) is 0 Å². The second-order valence-electron chi connectivity index (χ2n) is 5.96. The number of hydrogen-bond acceptors (Lipinski definition) is 1. The molecule has 0 aliphatic heterocycles. The standard InChI is InChI=1S/C9H7.C7H9O.C3H6.2ClH.Zr/c1-2-5-9-7-3-6-8(9)4-1;8-6-5-7-3-1-2-4-7;1-3-2;;;/h1-7H;1,3,8H,2,5-6H2;1-2H3;2*1H;/q;;;;;+2/p-2. The second kappa shape index (κ2) is 9.28. The quantitative estimate of drug-likeness (QED) is 0.600. The second-order valence-corrected chi connectivity index (χ2v) is 13.5. The fourth-order valence-corrected chi connectivity index (χ4v) is 11.7. The molecule has 1 atom stereocenters. The average Bonchev–Trinajstić information content (AvgIpc) is 3.08. The molecule has 122 valence electrons. The van der Waals surface area contributed by atoms with Crippen molar-refractivity contribution in [1.29, 1.82) is 0 Å². The van der Waals surface area contributed by atoms with E-state index in [1.54, 1.807) is 6.49 Å². The molecule has 1 N–H and O–H groups in total. The van der Waals surface area contributed by atoms with Gasteiger partial charge in [-0.1, -0.05) is 0 Å². The minimum absolute atomic E-state index is 0. The Kier molecular flexibility index (Phi) is 8.38. The Labute approximate surface area is 159 Å². The number of fused-ring (bicyclic) bond motifs is 1. The predicted octanol–water partition coefficient (Wildman–Crippen LogP) is -1.81. The van der Waals surface area contributed by atoms with E-state index >= 15 is 0 Å². The fraction of sp³-hybridized carbons (Fsp3) is 0.316. The Bertz CT molecular complexity index is 682. The molecule has 2 aliphatic rings. The Morgan fingerprint density at radius 1 is 1.17 bits per heavy atom. The van der Waals surface area contributed by atoms with E-state index in [2.05, 4.69) is 62.4 Å². The van der Waals surface area contributed by atoms with Crippen molar-refractivity contribution >= 4 is 9.28 Å². The molecular weight excluding hydrogens is 406 g/mol. The van der Waals surface area contributed by atoms with Gasteiger partial charge < -0.3 is 24.8 Å². The van der Waals surface area contributed by atoms with Crippen molar-refractivity contribution < 1.29 is 51.2 Å². The van der Waals surface area contributed by atoms with Crippen molar-refractivity contribution in [3.8, 4) is 0 Å². The van der Waals surface area contributed by atoms with Crippen molar-refractivity contribution in [3.05, 3.63) is 62.5 Å². The van der Waals surface area contributed by atoms with Gasteiger partial charge in [-0.2, -0.15) is 0 Å². The van der Waals surface area contributed by atoms with Crippen LogP contribution in [0.2, 0.25) is 0 Å². The first-order valence-electron chi connectivity index (χ1n) is 7.66. The number of allylic oxidation sites excluding steroid dienone is 4. The van der Waals surface area contributed by atoms with Crippen molar-refractivity contribution in [2.75, 3.05) is 6.61 Å². The van der Waals surface area contributed by atoms with Gasteiger partial charge in [0.2, 0.25) is 0 Å². The maximum atomic E-state index is 9.32. The molecule has 1 nitrogen and oxygen atoms in total. The molecule has 0 bridgehead atoms. The summed E-state index contributed by atoms with van der Waals surface area (Å²) in [4.78, 5) is 0. The van der Waals surface area contributed by atoms with Gasteiger partial charge in [0.15, 0.2) is 0 Å². The van der Waals surface area contributed by atoms with Crippen LogP contribution in [0.15, 0.2) is 51.3 Å². The Morgan fingerprint density at radius 2 is 1.91 bits per heavy atom. The van der Waals surface area contributed by atoms with E-state index in [0.29, 0.717) is 3.63 Å². The van der Waals surface area contributed by atoms with Crippen LogP contribution in [0.1, 0.15) is 41.4 Å². The summed E-state index contributed by atoms with van der Waals surface area (Å²) in [7, 11) is 0. The third kappa shape index (κ3) is 4.23. The van der Waals surface area contributed by atoms with Gasteiger partial charge in [-0.25, -0.2) is 0 Å². The van der Waals surface area contributed by atoms with E-state index in [1.165, 1.54) is 16.7 Å². The van der Waals surface area contributed by atoms with Gasteiger partial charge in [-0.15, -0.1) is 0 Å². The van der Waals surface area contributed by atoms with Crippen LogP contribution in [-0.2, 0) is 21.3 Å². The van der Waals surface area contributed by atoms with E-state index in [-0.39, 0.29) is 31.4 Å². The van der Waals surface area contributed by atoms with Crippen LogP contribution in [0.5, 0.6) is 0 Å². The van der Waals surface area contributed by atoms with E-state index in [9.17, 15) is 5.11 Å². The molecule has 0 spiro atoms. The maximum absolute atomic E-state index is 9.32. The third-order valence-electron chi connectivity index (χ3n) is 4.38. The van der Waals surface area contributed by atoms with Gasteiger partial charge >= 0.3 is 135 Å². The zero-order valence-electron chi connectivity index (χ0n) is 13.5. The number of aliphatic hydroxyl groups excluding tert-OH is 1. The molecule has 0 amide bonds. The molecule has 1 aromatic carbocycles. The summed E-state index contributed by atoms with van der Waals surface area (Å²) in [6.07, 6.45) is 11.2. The van der Waals surface area contributed by atoms with Crippen LogP contribution >= 0.6 is 0 Å². The summed E-state index contributed by atoms with van der Waals surface area (Å²) in [6.45, 7) is 4.91. The summed E-state index contributed by atoms with van der Waals surface area (Å²) < 4.78 is 3.98. The maximum Gasteiger partial charge on any atom is -1.00 e. The predicted molar refractivity (Wildman–Crippen MR) is 87.1 cm³/mol. The molecule has 1 unspecified atom stereocenters. The van der Waals surface area contributed by atoms with Crippen LogP contribution in [-0.4, -0.2) is 14.9 Å². The van der Waals surface area contributed by atoms with Gasteiger partial charge in [0.25, 0.3) is 0 Å². The van der Waals surface area contributed by atoms with Crippen LogP contribution in [0.4, 0.5) is 0 Å². The summed E-state index contributed by atoms with van der Waals surface area (Å²) in [5, 5.41) is 9.32. The minimum Gasteiger partial charge on any atom is -1.00 e. The van der Waals surface area contributed by atoms with Crippen LogP contribution in [0, 0.1) is 0 Å². The zero-order valence-corrected chi connectivity index (χ0v) is 17.5. The van der Waals surface area contributed by atoms with Crippen molar-refractivity contribution in [1.82, 2.24) is 0 Å². The number of rotatable bonds is 4. The van der Waals surface area contributed by atoms with Crippen molar-refractivity contribution in [2.45, 2.75) is 30.3 Å². The molecule has 4 heteroatoms. The van der Waals surface area contributed by atoms with E-state index in [0.717, 1.165) is 12.8 Å². The minimum atomic E-state index is -1.89. The molecule has 2 aliphatic carbocycles.